The van der Waals surface area contributed by atoms with Crippen LogP contribution in [0.25, 0.3) is 0 Å². The molecule has 0 saturated carbocycles. The second-order valence-corrected chi connectivity index (χ2v) is 12.9. The van der Waals surface area contributed by atoms with E-state index >= 15 is 0 Å². The molecule has 0 aliphatic rings. The Bertz CT molecular complexity index is 526. The summed E-state index contributed by atoms with van der Waals surface area (Å²) in [6.07, 6.45) is 0. The summed E-state index contributed by atoms with van der Waals surface area (Å²) in [5.41, 5.74) is 0. The number of halogens is 4. The van der Waals surface area contributed by atoms with Crippen LogP contribution in [-0.4, -0.2) is 90.2 Å². The van der Waals surface area contributed by atoms with Gasteiger partial charge in [-0.1, -0.05) is 0 Å². The van der Waals surface area contributed by atoms with Crippen molar-refractivity contribution in [2.75, 3.05) is 23.5 Å². The van der Waals surface area contributed by atoms with Crippen molar-refractivity contribution < 1.29 is 48.7 Å². The molecule has 0 aliphatic heterocycles. The van der Waals surface area contributed by atoms with Gasteiger partial charge in [-0.2, -0.15) is 0 Å². The predicted molar refractivity (Wildman–Crippen MR) is 94.6 cm³/mol. The van der Waals surface area contributed by atoms with Gasteiger partial charge in [-0.05, 0) is 0 Å². The molecule has 0 aliphatic carbocycles. The Kier molecular flexibility index (Phi) is 13.6. The van der Waals surface area contributed by atoms with Crippen LogP contribution in [0.15, 0.2) is 0 Å². The predicted octanol–water partition coefficient (Wildman–Crippen LogP) is -0.285. The molecule has 0 radical (unpaired) electrons. The molecule has 0 aromatic heterocycles. The molecule has 0 atom stereocenters. The second kappa shape index (κ2) is 13.5. The van der Waals surface area contributed by atoms with Crippen molar-refractivity contribution in [3.63, 3.8) is 0 Å². The van der Waals surface area contributed by atoms with Crippen molar-refractivity contribution in [3.8, 4) is 0 Å². The van der Waals surface area contributed by atoms with E-state index in [0.717, 1.165) is 0 Å². The smallest absolute Gasteiger partial charge is 0.584 e. The van der Waals surface area contributed by atoms with Crippen molar-refractivity contribution in [3.05, 3.63) is 0 Å². The third-order valence-corrected chi connectivity index (χ3v) is 12.8. The fourth-order valence-electron chi connectivity index (χ4n) is 1.42. The Hall–Kier alpha value is 0.255. The van der Waals surface area contributed by atoms with Crippen LogP contribution in [0.3, 0.4) is 0 Å². The molecule has 0 saturated heterocycles. The summed E-state index contributed by atoms with van der Waals surface area (Å²) in [6.45, 7) is 0. The minimum atomic E-state index is -5.31. The lowest BCUT2D eigenvalue weighted by Gasteiger charge is -2.24. The van der Waals surface area contributed by atoms with Crippen LogP contribution >= 0.6 is 54.0 Å². The second-order valence-electron chi connectivity index (χ2n) is 4.31. The van der Waals surface area contributed by atoms with E-state index in [2.05, 4.69) is 0 Å². The topological polar surface area (TPSA) is 163 Å². The average Bonchev–Trinajstić information content (AvgIpc) is 2.59. The van der Waals surface area contributed by atoms with Gasteiger partial charge in [0.05, 0.1) is 0 Å². The maximum absolute atomic E-state index is 12.0. The van der Waals surface area contributed by atoms with Gasteiger partial charge >= 0.3 is 37.2 Å². The average molecular weight is 522 g/mol. The van der Waals surface area contributed by atoms with Crippen molar-refractivity contribution in [2.24, 2.45) is 0 Å². The molecule has 0 bridgehead atoms. The third-order valence-electron chi connectivity index (χ3n) is 2.37. The first kappa shape index (κ1) is 27.3. The Morgan fingerprint density at radius 1 is 0.704 bits per heavy atom. The van der Waals surface area contributed by atoms with E-state index in [1.165, 1.54) is 0 Å². The third kappa shape index (κ3) is 10.6. The highest BCUT2D eigenvalue weighted by Gasteiger charge is 2.69. The molecule has 0 spiro atoms. The van der Waals surface area contributed by atoms with Gasteiger partial charge < -0.3 is 24.9 Å². The summed E-state index contributed by atoms with van der Waals surface area (Å²) in [5.74, 6) is -7.72. The van der Waals surface area contributed by atoms with E-state index in [-0.39, 0.29) is 0 Å². The van der Waals surface area contributed by atoms with Crippen LogP contribution in [0.2, 0.25) is 0 Å². The van der Waals surface area contributed by atoms with Gasteiger partial charge in [0, 0.05) is 0 Å². The molecule has 0 aromatic rings. The number of rotatable bonds is 11. The van der Waals surface area contributed by atoms with E-state index in [0.29, 0.717) is 0 Å². The van der Waals surface area contributed by atoms with Crippen LogP contribution in [0.1, 0.15) is 0 Å². The largest absolute Gasteiger partial charge is 0.870 e. The van der Waals surface area contributed by atoms with Gasteiger partial charge in [-0.15, -0.1) is 46.4 Å². The van der Waals surface area contributed by atoms with E-state index in [9.17, 15) is 33.5 Å². The van der Waals surface area contributed by atoms with Gasteiger partial charge in [-0.25, -0.2) is 0 Å². The first-order chi connectivity index (χ1) is 12.5. The minimum Gasteiger partial charge on any atom is -0.584 e. The Balaban J connectivity index is 6.05. The first-order valence-electron chi connectivity index (χ1n) is 6.57. The maximum Gasteiger partial charge on any atom is 0.870 e. The number of hydrogen-bond donors (Lipinski definition) is 2. The molecule has 18 heteroatoms. The molecule has 0 fully saturated rings. The highest BCUT2D eigenvalue weighted by molar-refractivity contribution is 7.58. The molecule has 0 amide bonds. The van der Waals surface area contributed by atoms with Crippen molar-refractivity contribution in [2.45, 2.75) is 3.38 Å². The van der Waals surface area contributed by atoms with Crippen molar-refractivity contribution in [1.82, 2.24) is 0 Å². The highest BCUT2D eigenvalue weighted by Crippen LogP contribution is 2.44. The fourth-order valence-corrected chi connectivity index (χ4v) is 9.35. The summed E-state index contributed by atoms with van der Waals surface area (Å²) < 4.78 is 28.7. The van der Waals surface area contributed by atoms with Gasteiger partial charge in [0.25, 0.3) is 23.9 Å². The monoisotopic (exact) mass is 520 g/mol. The molecule has 0 aromatic carbocycles. The van der Waals surface area contributed by atoms with Crippen molar-refractivity contribution >= 4 is 108 Å². The van der Waals surface area contributed by atoms with Gasteiger partial charge in [0.2, 0.25) is 0 Å². The summed E-state index contributed by atoms with van der Waals surface area (Å²) in [4.78, 5) is 65.1. The van der Waals surface area contributed by atoms with Crippen LogP contribution in [0.4, 0.5) is 0 Å². The Morgan fingerprint density at radius 3 is 1.07 bits per heavy atom. The standard InChI is InChI=1S/4C2H3ClO2.CH3O3P.2Al/c4*3-1-2(4)5;1-5(2,3)4;;/h4*1H2,(H,4,5);1H,(H2,2,3,4);;/q;;;;;2*+2/p-4. The van der Waals surface area contributed by atoms with Gasteiger partial charge in [0.1, 0.15) is 26.9 Å². The Labute approximate surface area is 182 Å². The van der Waals surface area contributed by atoms with Gasteiger partial charge in [-0.3, -0.25) is 23.7 Å². The lowest BCUT2D eigenvalue weighted by atomic mass is 10.8. The quantitative estimate of drug-likeness (QED) is 0.209. The van der Waals surface area contributed by atoms with Crippen LogP contribution in [0.5, 0.6) is 0 Å². The summed E-state index contributed by atoms with van der Waals surface area (Å²) in [5, 5.41) is 0. The highest BCUT2D eigenvalue weighted by atomic mass is 35.5. The molecule has 0 rings (SSSR count). The van der Waals surface area contributed by atoms with E-state index in [4.69, 9.17) is 61.6 Å². The summed E-state index contributed by atoms with van der Waals surface area (Å²) >= 11 is 13.0. The number of alkyl halides is 4. The summed E-state index contributed by atoms with van der Waals surface area (Å²) in [6, 6.07) is 0. The molecule has 2 N–H and O–H groups in total. The molecule has 0 unspecified atom stereocenters. The van der Waals surface area contributed by atoms with Crippen LogP contribution in [-0.2, 0) is 38.9 Å². The van der Waals surface area contributed by atoms with Crippen molar-refractivity contribution in [1.29, 1.82) is 0 Å². The SMILES string of the molecule is O=C(CCl)[O][Al]([O]C(=O)CCl)[CH]([Al]([O]C(=O)CCl)[O]C(=O)CCl)P(=O)(O)O. The number of hydrogen-bond acceptors (Lipinski definition) is 9. The minimum absolute atomic E-state index is 0.745. The zero-order chi connectivity index (χ0) is 21.2. The molecular formula is C9H11Al2Cl4O11P. The molecule has 11 nitrogen and oxygen atoms in total. The zero-order valence-electron chi connectivity index (χ0n) is 13.1. The van der Waals surface area contributed by atoms with Crippen LogP contribution < -0.4 is 0 Å². The molecule has 0 heterocycles. The number of carbonyl (C=O) groups is 4. The maximum atomic E-state index is 12.0. The first-order valence-corrected chi connectivity index (χ1v) is 13.6. The van der Waals surface area contributed by atoms with Gasteiger partial charge in [0.15, 0.2) is 0 Å². The lowest BCUT2D eigenvalue weighted by Crippen LogP contribution is -2.53. The lowest BCUT2D eigenvalue weighted by molar-refractivity contribution is -0.138. The molecular weight excluding hydrogens is 511 g/mol. The molecule has 152 valence electrons. The Morgan fingerprint density at radius 2 is 0.926 bits per heavy atom. The fraction of sp³-hybridized carbons (Fsp3) is 0.556. The van der Waals surface area contributed by atoms with E-state index in [1.54, 1.807) is 0 Å². The normalized spacial score (nSPS) is 10.8. The number of carbonyl (C=O) groups excluding carboxylic acids is 4. The summed E-state index contributed by atoms with van der Waals surface area (Å²) in [7, 11) is -5.31. The van der Waals surface area contributed by atoms with E-state index in [1.807, 2.05) is 0 Å². The zero-order valence-corrected chi connectivity index (χ0v) is 19.3. The van der Waals surface area contributed by atoms with E-state index < -0.39 is 88.0 Å². The molecule has 27 heavy (non-hydrogen) atoms. The van der Waals surface area contributed by atoms with Crippen LogP contribution in [0, 0.1) is 0 Å².